The minimum Gasteiger partial charge on any atom is -0.348 e. The topological polar surface area (TPSA) is 155 Å². The van der Waals surface area contributed by atoms with Gasteiger partial charge in [0.25, 0.3) is 14.1 Å². The van der Waals surface area contributed by atoms with E-state index in [4.69, 9.17) is 22.8 Å². The summed E-state index contributed by atoms with van der Waals surface area (Å²) >= 11 is 0. The molecule has 1 aromatic carbocycles. The van der Waals surface area contributed by atoms with E-state index in [1.807, 2.05) is 0 Å². The number of aromatic amines is 1. The second-order valence-corrected chi connectivity index (χ2v) is 15.8. The highest BCUT2D eigenvalue weighted by Crippen LogP contribution is 2.58. The highest BCUT2D eigenvalue weighted by atomic mass is 32.2. The summed E-state index contributed by atoms with van der Waals surface area (Å²) in [5.74, 6) is 1.16. The molecule has 0 radical (unpaired) electrons. The lowest BCUT2D eigenvalue weighted by molar-refractivity contribution is 0.00703. The van der Waals surface area contributed by atoms with E-state index >= 15 is 0 Å². The molecule has 43 heavy (non-hydrogen) atoms. The van der Waals surface area contributed by atoms with Crippen molar-refractivity contribution in [3.63, 3.8) is 0 Å². The number of fused-ring (bicyclic) bond motifs is 1. The van der Waals surface area contributed by atoms with Crippen molar-refractivity contribution < 1.29 is 35.8 Å². The van der Waals surface area contributed by atoms with Gasteiger partial charge in [-0.2, -0.15) is 0 Å². The zero-order valence-corrected chi connectivity index (χ0v) is 26.8. The van der Waals surface area contributed by atoms with Crippen molar-refractivity contribution in [2.45, 2.75) is 75.5 Å². The van der Waals surface area contributed by atoms with Crippen LogP contribution in [0.1, 0.15) is 44.9 Å². The number of nitrogens with one attached hydrogen (secondary N) is 1. The SMILES string of the molecule is CCOP(=O)(/C=C/[C@H]1O[C@@H](n2cc(C)c(=O)[nH]c2=O)C[C@@H]1O[P@]1O[C@H](CS(=O)(=O)c2ccccc2)[C@@H]2CCCN21)OCC. The van der Waals surface area contributed by atoms with E-state index in [2.05, 4.69) is 9.65 Å². The van der Waals surface area contributed by atoms with Crippen LogP contribution in [0.4, 0.5) is 0 Å². The van der Waals surface area contributed by atoms with Gasteiger partial charge in [-0.25, -0.2) is 17.9 Å². The predicted molar refractivity (Wildman–Crippen MR) is 159 cm³/mol. The molecule has 4 heterocycles. The molecule has 0 aliphatic carbocycles. The maximum Gasteiger partial charge on any atom is 0.353 e. The number of nitrogens with zero attached hydrogens (tertiary/aromatic N) is 2. The zero-order valence-electron chi connectivity index (χ0n) is 24.2. The predicted octanol–water partition coefficient (Wildman–Crippen LogP) is 3.86. The summed E-state index contributed by atoms with van der Waals surface area (Å²) in [7, 11) is -8.83. The maximum atomic E-state index is 13.2. The van der Waals surface area contributed by atoms with Gasteiger partial charge >= 0.3 is 13.3 Å². The monoisotopic (exact) mass is 657 g/mol. The van der Waals surface area contributed by atoms with Crippen molar-refractivity contribution >= 4 is 26.0 Å². The van der Waals surface area contributed by atoms with Gasteiger partial charge in [-0.05, 0) is 51.8 Å². The van der Waals surface area contributed by atoms with Crippen LogP contribution in [0.3, 0.4) is 0 Å². The summed E-state index contributed by atoms with van der Waals surface area (Å²) in [6.07, 6.45) is 2.02. The van der Waals surface area contributed by atoms with Crippen molar-refractivity contribution in [3.8, 4) is 0 Å². The molecular weight excluding hydrogens is 620 g/mol. The molecule has 3 aliphatic rings. The van der Waals surface area contributed by atoms with Gasteiger partial charge in [-0.1, -0.05) is 18.2 Å². The smallest absolute Gasteiger partial charge is 0.348 e. The number of aromatic nitrogens is 2. The molecular formula is C27H37N3O10P2S. The van der Waals surface area contributed by atoms with E-state index in [1.54, 1.807) is 57.2 Å². The van der Waals surface area contributed by atoms with Gasteiger partial charge in [0.05, 0.1) is 36.1 Å². The second-order valence-electron chi connectivity index (χ2n) is 10.5. The van der Waals surface area contributed by atoms with Crippen LogP contribution in [-0.2, 0) is 37.2 Å². The van der Waals surface area contributed by atoms with Crippen LogP contribution in [-0.4, -0.2) is 72.5 Å². The summed E-state index contributed by atoms with van der Waals surface area (Å²) in [4.78, 5) is 27.2. The van der Waals surface area contributed by atoms with E-state index in [-0.39, 0.29) is 36.3 Å². The van der Waals surface area contributed by atoms with E-state index in [9.17, 15) is 22.6 Å². The van der Waals surface area contributed by atoms with Gasteiger partial charge < -0.3 is 22.8 Å². The molecule has 1 aromatic heterocycles. The first kappa shape index (κ1) is 32.4. The van der Waals surface area contributed by atoms with E-state index in [1.165, 1.54) is 16.6 Å². The van der Waals surface area contributed by atoms with Crippen LogP contribution < -0.4 is 11.2 Å². The van der Waals surface area contributed by atoms with Gasteiger partial charge in [-0.3, -0.25) is 18.9 Å². The first-order valence-electron chi connectivity index (χ1n) is 14.3. The third-order valence-electron chi connectivity index (χ3n) is 7.49. The maximum absolute atomic E-state index is 13.2. The van der Waals surface area contributed by atoms with Crippen molar-refractivity contribution in [1.29, 1.82) is 0 Å². The van der Waals surface area contributed by atoms with E-state index < -0.39 is 61.7 Å². The Morgan fingerprint density at radius 3 is 2.58 bits per heavy atom. The fraction of sp³-hybridized carbons (Fsp3) is 0.556. The first-order chi connectivity index (χ1) is 20.5. The van der Waals surface area contributed by atoms with Gasteiger partial charge in [0.1, 0.15) is 12.3 Å². The van der Waals surface area contributed by atoms with Crippen LogP contribution in [0.2, 0.25) is 0 Å². The lowest BCUT2D eigenvalue weighted by atomic mass is 10.1. The number of sulfone groups is 1. The third kappa shape index (κ3) is 7.30. The molecule has 0 saturated carbocycles. The van der Waals surface area contributed by atoms with E-state index in [0.29, 0.717) is 12.1 Å². The molecule has 3 aliphatic heterocycles. The Morgan fingerprint density at radius 1 is 1.16 bits per heavy atom. The summed E-state index contributed by atoms with van der Waals surface area (Å²) in [6.45, 7) is 6.04. The van der Waals surface area contributed by atoms with Gasteiger partial charge in [0.15, 0.2) is 9.84 Å². The molecule has 0 bridgehead atoms. The highest BCUT2D eigenvalue weighted by Gasteiger charge is 2.50. The minimum absolute atomic E-state index is 0.114. The number of hydrogen-bond donors (Lipinski definition) is 1. The minimum atomic E-state index is -3.60. The number of ether oxygens (including phenoxy) is 1. The van der Waals surface area contributed by atoms with Crippen molar-refractivity contribution in [2.75, 3.05) is 25.5 Å². The van der Waals surface area contributed by atoms with E-state index in [0.717, 1.165) is 12.8 Å². The molecule has 5 rings (SSSR count). The number of hydrogen-bond acceptors (Lipinski definition) is 11. The Bertz CT molecular complexity index is 1570. The standard InChI is InChI=1S/C27H37N3O10P2S/c1-4-36-42(33,37-5-2)15-13-22-23(16-25(38-22)29-17-19(3)26(31)28-27(29)32)39-41-30-14-9-12-21(30)24(40-41)18-43(34,35)20-10-7-6-8-11-20/h6-8,10-11,13,15,17,21-25H,4-5,9,12,14,16,18H2,1-3H3,(H,28,31,32)/b15-13+/t21-,22+,23-,24+,25+,41+/m0/s1. The number of benzene rings is 1. The fourth-order valence-electron chi connectivity index (χ4n) is 5.47. The van der Waals surface area contributed by atoms with Gasteiger partial charge in [0, 0.05) is 36.6 Å². The summed E-state index contributed by atoms with van der Waals surface area (Å²) in [5, 5.41) is 0. The van der Waals surface area contributed by atoms with Crippen LogP contribution >= 0.6 is 16.1 Å². The third-order valence-corrected chi connectivity index (χ3v) is 12.8. The molecule has 3 fully saturated rings. The molecule has 2 aromatic rings. The number of H-pyrrole nitrogens is 1. The Morgan fingerprint density at radius 2 is 1.88 bits per heavy atom. The Hall–Kier alpha value is -1.99. The zero-order chi connectivity index (χ0) is 30.8. The molecule has 0 unspecified atom stereocenters. The Balaban J connectivity index is 1.39. The first-order valence-corrected chi connectivity index (χ1v) is 18.7. The molecule has 6 atom stereocenters. The van der Waals surface area contributed by atoms with Crippen LogP contribution in [0, 0.1) is 6.92 Å². The fourth-order valence-corrected chi connectivity index (χ4v) is 10.4. The Kier molecular flexibility index (Phi) is 10.2. The highest BCUT2D eigenvalue weighted by molar-refractivity contribution is 7.91. The quantitative estimate of drug-likeness (QED) is 0.331. The molecule has 13 nitrogen and oxygen atoms in total. The molecule has 236 valence electrons. The molecule has 0 amide bonds. The normalized spacial score (nSPS) is 28.2. The van der Waals surface area contributed by atoms with Crippen molar-refractivity contribution in [1.82, 2.24) is 14.2 Å². The van der Waals surface area contributed by atoms with Gasteiger partial charge in [-0.15, -0.1) is 0 Å². The summed E-state index contributed by atoms with van der Waals surface area (Å²) in [6, 6.07) is 8.19. The van der Waals surface area contributed by atoms with Crippen molar-refractivity contribution in [2.24, 2.45) is 0 Å². The average molecular weight is 658 g/mol. The molecule has 16 heteroatoms. The lowest BCUT2D eigenvalue weighted by Crippen LogP contribution is -2.33. The van der Waals surface area contributed by atoms with Crippen LogP contribution in [0.15, 0.2) is 62.9 Å². The Labute approximate surface area is 251 Å². The average Bonchev–Trinajstić information content (AvgIpc) is 3.68. The molecule has 3 saturated heterocycles. The molecule has 0 spiro atoms. The second kappa shape index (κ2) is 13.6. The van der Waals surface area contributed by atoms with Crippen LogP contribution in [0.5, 0.6) is 0 Å². The van der Waals surface area contributed by atoms with Gasteiger partial charge in [0.2, 0.25) is 0 Å². The summed E-state index contributed by atoms with van der Waals surface area (Å²) in [5.41, 5.74) is -0.785. The largest absolute Gasteiger partial charge is 0.353 e. The number of aryl methyl sites for hydroxylation is 1. The number of rotatable bonds is 12. The van der Waals surface area contributed by atoms with Crippen molar-refractivity contribution in [3.05, 3.63) is 74.8 Å². The summed E-state index contributed by atoms with van der Waals surface area (Å²) < 4.78 is 72.7. The molecule has 1 N–H and O–H groups in total. The van der Waals surface area contributed by atoms with Crippen LogP contribution in [0.25, 0.3) is 0 Å². The lowest BCUT2D eigenvalue weighted by Gasteiger charge is -2.24.